The van der Waals surface area contributed by atoms with Gasteiger partial charge >= 0.3 is 0 Å². The number of hydrogen-bond donors (Lipinski definition) is 2. The van der Waals surface area contributed by atoms with E-state index in [0.717, 1.165) is 22.0 Å². The minimum absolute atomic E-state index is 0.387. The lowest BCUT2D eigenvalue weighted by molar-refractivity contribution is 0.217. The quantitative estimate of drug-likeness (QED) is 0.748. The Morgan fingerprint density at radius 2 is 2.46 bits per heavy atom. The fraction of sp³-hybridized carbons (Fsp3) is 0.333. The van der Waals surface area contributed by atoms with E-state index in [0.29, 0.717) is 6.54 Å². The van der Waals surface area contributed by atoms with Gasteiger partial charge in [-0.25, -0.2) is 0 Å². The Kier molecular flexibility index (Phi) is 2.69. The van der Waals surface area contributed by atoms with Gasteiger partial charge < -0.3 is 10.4 Å². The SMILES string of the molecule is OC1C=C(c2sccc2Cl)CNC1. The summed E-state index contributed by atoms with van der Waals surface area (Å²) in [6, 6.07) is 1.88. The van der Waals surface area contributed by atoms with Gasteiger partial charge in [-0.15, -0.1) is 11.3 Å². The molecule has 13 heavy (non-hydrogen) atoms. The van der Waals surface area contributed by atoms with Crippen LogP contribution in [0.1, 0.15) is 4.88 Å². The van der Waals surface area contributed by atoms with Gasteiger partial charge in [-0.1, -0.05) is 11.6 Å². The smallest absolute Gasteiger partial charge is 0.0852 e. The lowest BCUT2D eigenvalue weighted by Crippen LogP contribution is -2.31. The van der Waals surface area contributed by atoms with E-state index in [9.17, 15) is 5.11 Å². The monoisotopic (exact) mass is 215 g/mol. The molecule has 2 nitrogen and oxygen atoms in total. The number of aliphatic hydroxyl groups excluding tert-OH is 1. The molecule has 1 atom stereocenters. The number of hydrogen-bond acceptors (Lipinski definition) is 3. The number of nitrogens with one attached hydrogen (secondary N) is 1. The molecule has 0 aromatic carbocycles. The van der Waals surface area contributed by atoms with Crippen LogP contribution < -0.4 is 5.32 Å². The molecule has 1 aromatic heterocycles. The number of aliphatic hydroxyl groups is 1. The summed E-state index contributed by atoms with van der Waals surface area (Å²) in [6.45, 7) is 1.42. The van der Waals surface area contributed by atoms with Gasteiger partial charge in [-0.2, -0.15) is 0 Å². The average Bonchev–Trinajstić information content (AvgIpc) is 2.51. The first-order chi connectivity index (χ1) is 6.27. The highest BCUT2D eigenvalue weighted by atomic mass is 35.5. The predicted molar refractivity (Wildman–Crippen MR) is 56.2 cm³/mol. The fourth-order valence-electron chi connectivity index (χ4n) is 1.38. The molecule has 1 aromatic rings. The number of rotatable bonds is 1. The Hall–Kier alpha value is -0.350. The highest BCUT2D eigenvalue weighted by Crippen LogP contribution is 2.30. The summed E-state index contributed by atoms with van der Waals surface area (Å²) >= 11 is 7.59. The molecule has 1 aliphatic rings. The van der Waals surface area contributed by atoms with Crippen molar-refractivity contribution >= 4 is 28.5 Å². The van der Waals surface area contributed by atoms with Crippen LogP contribution in [0.4, 0.5) is 0 Å². The molecule has 0 spiro atoms. The first kappa shape index (κ1) is 9.21. The second-order valence-corrected chi connectivity index (χ2v) is 4.31. The largest absolute Gasteiger partial charge is 0.388 e. The summed E-state index contributed by atoms with van der Waals surface area (Å²) in [6.07, 6.45) is 1.48. The first-order valence-corrected chi connectivity index (χ1v) is 5.36. The maximum Gasteiger partial charge on any atom is 0.0852 e. The van der Waals surface area contributed by atoms with E-state index in [1.165, 1.54) is 0 Å². The zero-order valence-corrected chi connectivity index (χ0v) is 8.53. The summed E-state index contributed by atoms with van der Waals surface area (Å²) in [5, 5.41) is 15.3. The first-order valence-electron chi connectivity index (χ1n) is 4.10. The predicted octanol–water partition coefficient (Wildman–Crippen LogP) is 1.75. The maximum atomic E-state index is 9.39. The van der Waals surface area contributed by atoms with Gasteiger partial charge in [-0.3, -0.25) is 0 Å². The Morgan fingerprint density at radius 3 is 3.08 bits per heavy atom. The third-order valence-electron chi connectivity index (χ3n) is 1.97. The van der Waals surface area contributed by atoms with Crippen LogP contribution in [-0.4, -0.2) is 24.3 Å². The van der Waals surface area contributed by atoms with E-state index < -0.39 is 0 Å². The molecule has 1 unspecified atom stereocenters. The van der Waals surface area contributed by atoms with Gasteiger partial charge in [0, 0.05) is 18.0 Å². The average molecular weight is 216 g/mol. The van der Waals surface area contributed by atoms with E-state index in [1.807, 2.05) is 17.5 Å². The lowest BCUT2D eigenvalue weighted by atomic mass is 10.1. The molecule has 0 aliphatic carbocycles. The molecule has 0 saturated heterocycles. The van der Waals surface area contributed by atoms with Gasteiger partial charge in [0.25, 0.3) is 0 Å². The second-order valence-electron chi connectivity index (χ2n) is 2.99. The Labute approximate surface area is 85.8 Å². The zero-order valence-electron chi connectivity index (χ0n) is 6.96. The fourth-order valence-corrected chi connectivity index (χ4v) is 2.59. The Morgan fingerprint density at radius 1 is 1.62 bits per heavy atom. The third kappa shape index (κ3) is 1.94. The van der Waals surface area contributed by atoms with Crippen molar-refractivity contribution in [1.29, 1.82) is 0 Å². The molecule has 70 valence electrons. The molecule has 2 heterocycles. The van der Waals surface area contributed by atoms with E-state index in [-0.39, 0.29) is 6.10 Å². The molecule has 0 bridgehead atoms. The van der Waals surface area contributed by atoms with Crippen LogP contribution in [0.25, 0.3) is 5.57 Å². The summed E-state index contributed by atoms with van der Waals surface area (Å²) < 4.78 is 0. The topological polar surface area (TPSA) is 32.3 Å². The molecule has 0 amide bonds. The second kappa shape index (κ2) is 3.80. The minimum atomic E-state index is -0.387. The highest BCUT2D eigenvalue weighted by Gasteiger charge is 2.14. The van der Waals surface area contributed by atoms with Crippen molar-refractivity contribution in [3.05, 3.63) is 27.4 Å². The number of thiophene rings is 1. The number of β-amino-alcohol motifs (C(OH)–C–C–N with tert-alkyl or cyclic N) is 1. The van der Waals surface area contributed by atoms with Crippen molar-refractivity contribution in [2.24, 2.45) is 0 Å². The molecule has 4 heteroatoms. The summed E-state index contributed by atoms with van der Waals surface area (Å²) in [7, 11) is 0. The van der Waals surface area contributed by atoms with Crippen LogP contribution >= 0.6 is 22.9 Å². The molecule has 1 aliphatic heterocycles. The normalized spacial score (nSPS) is 22.9. The molecular formula is C9H10ClNOS. The van der Waals surface area contributed by atoms with Gasteiger partial charge in [0.15, 0.2) is 0 Å². The van der Waals surface area contributed by atoms with Crippen molar-refractivity contribution < 1.29 is 5.11 Å². The van der Waals surface area contributed by atoms with E-state index in [1.54, 1.807) is 11.3 Å². The highest BCUT2D eigenvalue weighted by molar-refractivity contribution is 7.11. The van der Waals surface area contributed by atoms with Gasteiger partial charge in [0.1, 0.15) is 0 Å². The number of halogens is 1. The van der Waals surface area contributed by atoms with Gasteiger partial charge in [0.05, 0.1) is 11.1 Å². The van der Waals surface area contributed by atoms with E-state index in [4.69, 9.17) is 11.6 Å². The Bertz CT molecular complexity index is 334. The zero-order chi connectivity index (χ0) is 9.26. The third-order valence-corrected chi connectivity index (χ3v) is 3.39. The lowest BCUT2D eigenvalue weighted by Gasteiger charge is -2.17. The molecule has 2 rings (SSSR count). The molecule has 0 radical (unpaired) electrons. The van der Waals surface area contributed by atoms with Crippen LogP contribution in [0.5, 0.6) is 0 Å². The van der Waals surface area contributed by atoms with Crippen molar-refractivity contribution in [3.63, 3.8) is 0 Å². The molecule has 0 fully saturated rings. The van der Waals surface area contributed by atoms with Crippen LogP contribution in [0.3, 0.4) is 0 Å². The van der Waals surface area contributed by atoms with Crippen molar-refractivity contribution in [1.82, 2.24) is 5.32 Å². The van der Waals surface area contributed by atoms with Crippen LogP contribution in [0.2, 0.25) is 5.02 Å². The molecule has 0 saturated carbocycles. The molecule has 2 N–H and O–H groups in total. The van der Waals surface area contributed by atoms with Crippen LogP contribution in [0, 0.1) is 0 Å². The standard InChI is InChI=1S/C9H10ClNOS/c10-8-1-2-13-9(8)6-3-7(12)5-11-4-6/h1-3,7,11-12H,4-5H2. The maximum absolute atomic E-state index is 9.39. The summed E-state index contributed by atoms with van der Waals surface area (Å²) in [5.74, 6) is 0. The van der Waals surface area contributed by atoms with Crippen molar-refractivity contribution in [2.75, 3.05) is 13.1 Å². The Balaban J connectivity index is 2.30. The molecular weight excluding hydrogens is 206 g/mol. The van der Waals surface area contributed by atoms with Gasteiger partial charge in [-0.05, 0) is 23.1 Å². The van der Waals surface area contributed by atoms with Crippen LogP contribution in [-0.2, 0) is 0 Å². The van der Waals surface area contributed by atoms with Gasteiger partial charge in [0.2, 0.25) is 0 Å². The van der Waals surface area contributed by atoms with E-state index in [2.05, 4.69) is 5.32 Å². The van der Waals surface area contributed by atoms with E-state index >= 15 is 0 Å². The summed E-state index contributed by atoms with van der Waals surface area (Å²) in [4.78, 5) is 1.06. The van der Waals surface area contributed by atoms with Crippen LogP contribution in [0.15, 0.2) is 17.5 Å². The summed E-state index contributed by atoms with van der Waals surface area (Å²) in [5.41, 5.74) is 1.10. The minimum Gasteiger partial charge on any atom is -0.388 e. The van der Waals surface area contributed by atoms with Crippen molar-refractivity contribution in [3.8, 4) is 0 Å². The van der Waals surface area contributed by atoms with Crippen molar-refractivity contribution in [2.45, 2.75) is 6.10 Å².